The molecule has 8 nitrogen and oxygen atoms in total. The van der Waals surface area contributed by atoms with Crippen LogP contribution in [0.3, 0.4) is 0 Å². The number of carboxylic acids is 1. The Kier molecular flexibility index (Phi) is 3.69. The third kappa shape index (κ3) is 2.48. The number of thiazole rings is 1. The molecule has 1 aromatic carbocycles. The van der Waals surface area contributed by atoms with Crippen LogP contribution in [-0.4, -0.2) is 42.9 Å². The molecule has 0 fully saturated rings. The van der Waals surface area contributed by atoms with E-state index in [1.54, 1.807) is 10.9 Å². The second-order valence-electron chi connectivity index (χ2n) is 6.17. The highest BCUT2D eigenvalue weighted by Crippen LogP contribution is 2.42. The largest absolute Gasteiger partial charge is 0.476 e. The summed E-state index contributed by atoms with van der Waals surface area (Å²) >= 11 is 1.23. The topological polar surface area (TPSA) is 103 Å². The third-order valence-electron chi connectivity index (χ3n) is 4.55. The molecule has 1 aliphatic carbocycles. The average Bonchev–Trinajstić information content (AvgIpc) is 3.42. The van der Waals surface area contributed by atoms with Gasteiger partial charge in [0.15, 0.2) is 5.69 Å². The number of carboxylic acid groups (broad SMARTS) is 1. The van der Waals surface area contributed by atoms with E-state index in [2.05, 4.69) is 15.0 Å². The van der Waals surface area contributed by atoms with Crippen LogP contribution >= 0.6 is 11.3 Å². The highest BCUT2D eigenvalue weighted by molar-refractivity contribution is 7.12. The van der Waals surface area contributed by atoms with Gasteiger partial charge in [0.25, 0.3) is 0 Å². The maximum Gasteiger partial charge on any atom is 0.355 e. The first-order valence-electron chi connectivity index (χ1n) is 8.42. The summed E-state index contributed by atoms with van der Waals surface area (Å²) in [5.74, 6) is -1.07. The number of fused-ring (bicyclic) bond motifs is 3. The Balaban J connectivity index is 1.74. The second-order valence-corrected chi connectivity index (χ2v) is 7.00. The standard InChI is InChI=1S/C19H13N5O3S/c1-27-18-20-8-12-13(21-18)7-11-15(10-5-3-2-4-6-10)23-24(16(11)12)19-22-14(9-28-19)17(25)26/h2-6,8-9H,7H2,1H3,(H,25,26). The van der Waals surface area contributed by atoms with E-state index in [-0.39, 0.29) is 5.69 Å². The molecule has 0 radical (unpaired) electrons. The van der Waals surface area contributed by atoms with E-state index in [9.17, 15) is 9.90 Å². The van der Waals surface area contributed by atoms with Crippen molar-refractivity contribution in [2.75, 3.05) is 7.11 Å². The van der Waals surface area contributed by atoms with Crippen molar-refractivity contribution in [1.29, 1.82) is 0 Å². The quantitative estimate of drug-likeness (QED) is 0.502. The minimum atomic E-state index is -1.07. The van der Waals surface area contributed by atoms with E-state index in [4.69, 9.17) is 9.84 Å². The lowest BCUT2D eigenvalue weighted by Gasteiger charge is -2.05. The summed E-state index contributed by atoms with van der Waals surface area (Å²) in [4.78, 5) is 24.2. The van der Waals surface area contributed by atoms with Gasteiger partial charge in [-0.3, -0.25) is 0 Å². The van der Waals surface area contributed by atoms with Crippen molar-refractivity contribution in [1.82, 2.24) is 24.7 Å². The smallest absolute Gasteiger partial charge is 0.355 e. The molecule has 28 heavy (non-hydrogen) atoms. The Morgan fingerprint density at radius 2 is 2.07 bits per heavy atom. The van der Waals surface area contributed by atoms with Gasteiger partial charge in [-0.2, -0.15) is 10.1 Å². The zero-order valence-electron chi connectivity index (χ0n) is 14.7. The number of methoxy groups -OCH3 is 1. The fourth-order valence-corrected chi connectivity index (χ4v) is 4.07. The minimum Gasteiger partial charge on any atom is -0.476 e. The molecule has 0 amide bonds. The fourth-order valence-electron chi connectivity index (χ4n) is 3.32. The number of benzene rings is 1. The van der Waals surface area contributed by atoms with Gasteiger partial charge < -0.3 is 9.84 Å². The summed E-state index contributed by atoms with van der Waals surface area (Å²) in [6.07, 6.45) is 2.30. The lowest BCUT2D eigenvalue weighted by molar-refractivity contribution is 0.0691. The third-order valence-corrected chi connectivity index (χ3v) is 5.37. The molecule has 1 N–H and O–H groups in total. The van der Waals surface area contributed by atoms with Gasteiger partial charge in [0, 0.05) is 34.7 Å². The summed E-state index contributed by atoms with van der Waals surface area (Å²) in [5, 5.41) is 16.0. The predicted octanol–water partition coefficient (Wildman–Crippen LogP) is 3.06. The van der Waals surface area contributed by atoms with Gasteiger partial charge in [-0.05, 0) is 0 Å². The summed E-state index contributed by atoms with van der Waals surface area (Å²) in [7, 11) is 1.53. The molecular weight excluding hydrogens is 378 g/mol. The van der Waals surface area contributed by atoms with E-state index in [0.29, 0.717) is 17.6 Å². The Bertz CT molecular complexity index is 1220. The first kappa shape index (κ1) is 16.6. The summed E-state index contributed by atoms with van der Waals surface area (Å²) in [6.45, 7) is 0. The lowest BCUT2D eigenvalue weighted by Crippen LogP contribution is -2.03. The summed E-state index contributed by atoms with van der Waals surface area (Å²) < 4.78 is 6.85. The van der Waals surface area contributed by atoms with Gasteiger partial charge in [0.05, 0.1) is 24.2 Å². The molecule has 0 saturated carbocycles. The minimum absolute atomic E-state index is 0.00490. The van der Waals surface area contributed by atoms with E-state index in [1.165, 1.54) is 23.8 Å². The molecule has 9 heteroatoms. The van der Waals surface area contributed by atoms with Gasteiger partial charge in [0.2, 0.25) is 5.13 Å². The Morgan fingerprint density at radius 3 is 2.79 bits per heavy atom. The molecule has 0 aliphatic heterocycles. The molecule has 0 bridgehead atoms. The van der Waals surface area contributed by atoms with Crippen molar-refractivity contribution >= 4 is 17.3 Å². The molecule has 0 atom stereocenters. The molecule has 0 unspecified atom stereocenters. The molecule has 5 rings (SSSR count). The van der Waals surface area contributed by atoms with E-state index in [0.717, 1.165) is 33.8 Å². The Hall–Kier alpha value is -3.59. The van der Waals surface area contributed by atoms with Gasteiger partial charge in [-0.25, -0.2) is 19.4 Å². The monoisotopic (exact) mass is 391 g/mol. The number of aromatic carboxylic acids is 1. The zero-order valence-corrected chi connectivity index (χ0v) is 15.5. The van der Waals surface area contributed by atoms with Crippen LogP contribution in [0.1, 0.15) is 21.7 Å². The number of rotatable bonds is 4. The molecule has 1 aliphatic rings. The van der Waals surface area contributed by atoms with Crippen molar-refractivity contribution in [3.8, 4) is 33.7 Å². The van der Waals surface area contributed by atoms with Crippen LogP contribution in [0.5, 0.6) is 6.01 Å². The van der Waals surface area contributed by atoms with E-state index < -0.39 is 5.97 Å². The van der Waals surface area contributed by atoms with E-state index in [1.807, 2.05) is 30.3 Å². The molecule has 3 heterocycles. The van der Waals surface area contributed by atoms with Gasteiger partial charge in [0.1, 0.15) is 0 Å². The number of carbonyl (C=O) groups is 1. The normalized spacial score (nSPS) is 11.9. The van der Waals surface area contributed by atoms with Crippen LogP contribution in [-0.2, 0) is 6.42 Å². The van der Waals surface area contributed by atoms with Crippen LogP contribution in [0, 0.1) is 0 Å². The van der Waals surface area contributed by atoms with Crippen LogP contribution < -0.4 is 4.74 Å². The van der Waals surface area contributed by atoms with Crippen molar-refractivity contribution in [2.45, 2.75) is 6.42 Å². The molecule has 4 aromatic rings. The van der Waals surface area contributed by atoms with Crippen molar-refractivity contribution in [2.24, 2.45) is 0 Å². The SMILES string of the molecule is COc1ncc2c(n1)Cc1c(-c3ccccc3)nn(-c3nc(C(=O)O)cs3)c1-2. The highest BCUT2D eigenvalue weighted by Gasteiger charge is 2.31. The van der Waals surface area contributed by atoms with Gasteiger partial charge in [-0.1, -0.05) is 30.3 Å². The van der Waals surface area contributed by atoms with Crippen LogP contribution in [0.25, 0.3) is 27.6 Å². The van der Waals surface area contributed by atoms with E-state index >= 15 is 0 Å². The van der Waals surface area contributed by atoms with Crippen molar-refractivity contribution in [3.05, 3.63) is 58.9 Å². The average molecular weight is 391 g/mol. The lowest BCUT2D eigenvalue weighted by atomic mass is 10.1. The van der Waals surface area contributed by atoms with Crippen LogP contribution in [0.2, 0.25) is 0 Å². The molecule has 138 valence electrons. The Labute approximate surface area is 163 Å². The first-order chi connectivity index (χ1) is 13.7. The molecule has 3 aromatic heterocycles. The molecule has 0 saturated heterocycles. The predicted molar refractivity (Wildman–Crippen MR) is 102 cm³/mol. The zero-order chi connectivity index (χ0) is 19.3. The summed E-state index contributed by atoms with van der Waals surface area (Å²) in [5.41, 5.74) is 5.32. The molecule has 0 spiro atoms. The number of hydrogen-bond acceptors (Lipinski definition) is 7. The fraction of sp³-hybridized carbons (Fsp3) is 0.105. The van der Waals surface area contributed by atoms with Gasteiger partial charge in [-0.15, -0.1) is 11.3 Å². The Morgan fingerprint density at radius 1 is 1.25 bits per heavy atom. The van der Waals surface area contributed by atoms with Gasteiger partial charge >= 0.3 is 12.0 Å². The maximum absolute atomic E-state index is 11.3. The second kappa shape index (κ2) is 6.24. The summed E-state index contributed by atoms with van der Waals surface area (Å²) in [6, 6.07) is 10.2. The van der Waals surface area contributed by atoms with Crippen LogP contribution in [0.15, 0.2) is 41.9 Å². The highest BCUT2D eigenvalue weighted by atomic mass is 32.1. The number of nitrogens with zero attached hydrogens (tertiary/aromatic N) is 5. The first-order valence-corrected chi connectivity index (χ1v) is 9.30. The van der Waals surface area contributed by atoms with Crippen LogP contribution in [0.4, 0.5) is 0 Å². The number of aromatic nitrogens is 5. The number of ether oxygens (including phenoxy) is 1. The maximum atomic E-state index is 11.3. The van der Waals surface area contributed by atoms with Crippen molar-refractivity contribution in [3.63, 3.8) is 0 Å². The number of hydrogen-bond donors (Lipinski definition) is 1. The molecular formula is C19H13N5O3S. The van der Waals surface area contributed by atoms with Crippen molar-refractivity contribution < 1.29 is 14.6 Å².